The van der Waals surface area contributed by atoms with Crippen molar-refractivity contribution in [2.45, 2.75) is 44.8 Å². The molecule has 2 unspecified atom stereocenters. The van der Waals surface area contributed by atoms with Crippen molar-refractivity contribution in [3.63, 3.8) is 0 Å². The van der Waals surface area contributed by atoms with Gasteiger partial charge in [0.1, 0.15) is 0 Å². The Labute approximate surface area is 110 Å². The van der Waals surface area contributed by atoms with E-state index in [-0.39, 0.29) is 12.2 Å². The van der Waals surface area contributed by atoms with Crippen LogP contribution < -0.4 is 5.32 Å². The van der Waals surface area contributed by atoms with Gasteiger partial charge in [-0.25, -0.2) is 0 Å². The molecule has 0 spiro atoms. The summed E-state index contributed by atoms with van der Waals surface area (Å²) in [6, 6.07) is 10.4. The molecule has 3 nitrogen and oxygen atoms in total. The highest BCUT2D eigenvalue weighted by Crippen LogP contribution is 2.04. The van der Waals surface area contributed by atoms with Gasteiger partial charge in [-0.1, -0.05) is 30.3 Å². The van der Waals surface area contributed by atoms with Gasteiger partial charge in [-0.3, -0.25) is 0 Å². The second-order valence-electron chi connectivity index (χ2n) is 4.85. The van der Waals surface area contributed by atoms with Crippen molar-refractivity contribution in [2.24, 2.45) is 0 Å². The van der Waals surface area contributed by atoms with Crippen LogP contribution in [-0.2, 0) is 6.42 Å². The molecule has 0 radical (unpaired) electrons. The molecule has 0 aromatic heterocycles. The Kier molecular flexibility index (Phi) is 7.65. The molecule has 1 aromatic carbocycles. The molecule has 0 heterocycles. The van der Waals surface area contributed by atoms with Gasteiger partial charge in [0.05, 0.1) is 12.2 Å². The van der Waals surface area contributed by atoms with Gasteiger partial charge in [-0.05, 0) is 51.3 Å². The van der Waals surface area contributed by atoms with Gasteiger partial charge in [-0.2, -0.15) is 0 Å². The van der Waals surface area contributed by atoms with E-state index in [0.717, 1.165) is 25.9 Å². The van der Waals surface area contributed by atoms with E-state index in [4.69, 9.17) is 5.11 Å². The van der Waals surface area contributed by atoms with Crippen molar-refractivity contribution < 1.29 is 10.2 Å². The third-order valence-corrected chi connectivity index (χ3v) is 3.01. The lowest BCUT2D eigenvalue weighted by Gasteiger charge is -2.12. The molecule has 0 saturated heterocycles. The molecule has 3 N–H and O–H groups in total. The Morgan fingerprint density at radius 1 is 1.00 bits per heavy atom. The second kappa shape index (κ2) is 9.09. The van der Waals surface area contributed by atoms with Crippen LogP contribution in [0.15, 0.2) is 30.3 Å². The smallest absolute Gasteiger partial charge is 0.0553 e. The van der Waals surface area contributed by atoms with E-state index in [0.29, 0.717) is 12.8 Å². The summed E-state index contributed by atoms with van der Waals surface area (Å²) in [5, 5.41) is 22.1. The Morgan fingerprint density at radius 2 is 1.72 bits per heavy atom. The fourth-order valence-corrected chi connectivity index (χ4v) is 1.85. The molecule has 0 saturated carbocycles. The number of aliphatic hydroxyl groups is 2. The molecule has 1 aromatic rings. The summed E-state index contributed by atoms with van der Waals surface area (Å²) in [4.78, 5) is 0. The van der Waals surface area contributed by atoms with Crippen LogP contribution in [0, 0.1) is 0 Å². The van der Waals surface area contributed by atoms with E-state index in [1.54, 1.807) is 6.92 Å². The largest absolute Gasteiger partial charge is 0.393 e. The zero-order chi connectivity index (χ0) is 13.2. The first-order valence-electron chi connectivity index (χ1n) is 6.79. The van der Waals surface area contributed by atoms with Gasteiger partial charge in [0, 0.05) is 0 Å². The fraction of sp³-hybridized carbons (Fsp3) is 0.600. The number of nitrogens with one attached hydrogen (secondary N) is 1. The standard InChI is InChI=1S/C15H25NO2/c1-13(17)7-8-15(18)10-12-16-11-9-14-5-3-2-4-6-14/h2-6,13,15-18H,7-12H2,1H3. The van der Waals surface area contributed by atoms with Crippen LogP contribution in [0.3, 0.4) is 0 Å². The minimum absolute atomic E-state index is 0.302. The van der Waals surface area contributed by atoms with Crippen molar-refractivity contribution in [3.05, 3.63) is 35.9 Å². The first-order chi connectivity index (χ1) is 8.68. The predicted molar refractivity (Wildman–Crippen MR) is 74.6 cm³/mol. The number of benzene rings is 1. The van der Waals surface area contributed by atoms with Gasteiger partial charge in [-0.15, -0.1) is 0 Å². The normalized spacial score (nSPS) is 14.4. The summed E-state index contributed by atoms with van der Waals surface area (Å²) in [6.45, 7) is 3.52. The quantitative estimate of drug-likeness (QED) is 0.586. The molecule has 0 fully saturated rings. The molecule has 3 heteroatoms. The van der Waals surface area contributed by atoms with Gasteiger partial charge in [0.25, 0.3) is 0 Å². The maximum absolute atomic E-state index is 9.66. The van der Waals surface area contributed by atoms with Crippen molar-refractivity contribution in [1.82, 2.24) is 5.32 Å². The van der Waals surface area contributed by atoms with Crippen molar-refractivity contribution in [3.8, 4) is 0 Å². The number of aliphatic hydroxyl groups excluding tert-OH is 2. The summed E-state index contributed by atoms with van der Waals surface area (Å²) < 4.78 is 0. The molecule has 2 atom stereocenters. The van der Waals surface area contributed by atoms with E-state index in [2.05, 4.69) is 29.6 Å². The molecule has 0 bridgehead atoms. The Bertz CT molecular complexity index is 301. The first-order valence-corrected chi connectivity index (χ1v) is 6.79. The maximum Gasteiger partial charge on any atom is 0.0553 e. The SMILES string of the molecule is CC(O)CCC(O)CCNCCc1ccccc1. The van der Waals surface area contributed by atoms with Crippen LogP contribution in [0.5, 0.6) is 0 Å². The van der Waals surface area contributed by atoms with Crippen LogP contribution in [0.1, 0.15) is 31.7 Å². The lowest BCUT2D eigenvalue weighted by molar-refractivity contribution is 0.117. The topological polar surface area (TPSA) is 52.5 Å². The third-order valence-electron chi connectivity index (χ3n) is 3.01. The van der Waals surface area contributed by atoms with E-state index in [9.17, 15) is 5.11 Å². The van der Waals surface area contributed by atoms with Gasteiger partial charge in [0.2, 0.25) is 0 Å². The molecule has 0 aliphatic heterocycles. The zero-order valence-corrected chi connectivity index (χ0v) is 11.2. The average molecular weight is 251 g/mol. The minimum Gasteiger partial charge on any atom is -0.393 e. The minimum atomic E-state index is -0.314. The van der Waals surface area contributed by atoms with Crippen LogP contribution in [-0.4, -0.2) is 35.5 Å². The monoisotopic (exact) mass is 251 g/mol. The first kappa shape index (κ1) is 15.2. The third kappa shape index (κ3) is 7.43. The van der Waals surface area contributed by atoms with Crippen molar-refractivity contribution >= 4 is 0 Å². The molecule has 102 valence electrons. The van der Waals surface area contributed by atoms with Crippen LogP contribution in [0.2, 0.25) is 0 Å². The van der Waals surface area contributed by atoms with E-state index in [1.165, 1.54) is 5.56 Å². The highest BCUT2D eigenvalue weighted by Gasteiger charge is 2.05. The molecule has 0 amide bonds. The average Bonchev–Trinajstić information content (AvgIpc) is 2.37. The zero-order valence-electron chi connectivity index (χ0n) is 11.2. The second-order valence-corrected chi connectivity index (χ2v) is 4.85. The molecule has 18 heavy (non-hydrogen) atoms. The molecular formula is C15H25NO2. The van der Waals surface area contributed by atoms with Crippen molar-refractivity contribution in [2.75, 3.05) is 13.1 Å². The molecular weight excluding hydrogens is 226 g/mol. The molecule has 1 rings (SSSR count). The van der Waals surface area contributed by atoms with Crippen LogP contribution >= 0.6 is 0 Å². The van der Waals surface area contributed by atoms with Crippen molar-refractivity contribution in [1.29, 1.82) is 0 Å². The summed E-state index contributed by atoms with van der Waals surface area (Å²) >= 11 is 0. The van der Waals surface area contributed by atoms with Gasteiger partial charge >= 0.3 is 0 Å². The predicted octanol–water partition coefficient (Wildman–Crippen LogP) is 1.73. The maximum atomic E-state index is 9.66. The highest BCUT2D eigenvalue weighted by molar-refractivity contribution is 5.14. The fourth-order valence-electron chi connectivity index (χ4n) is 1.85. The Balaban J connectivity index is 1.98. The van der Waals surface area contributed by atoms with Gasteiger partial charge in [0.15, 0.2) is 0 Å². The number of rotatable bonds is 9. The van der Waals surface area contributed by atoms with E-state index < -0.39 is 0 Å². The lowest BCUT2D eigenvalue weighted by Crippen LogP contribution is -2.23. The Morgan fingerprint density at radius 3 is 2.39 bits per heavy atom. The van der Waals surface area contributed by atoms with E-state index >= 15 is 0 Å². The molecule has 0 aliphatic carbocycles. The molecule has 0 aliphatic rings. The van der Waals surface area contributed by atoms with E-state index in [1.807, 2.05) is 6.07 Å². The Hall–Kier alpha value is -0.900. The summed E-state index contributed by atoms with van der Waals surface area (Å²) in [5.74, 6) is 0. The van der Waals surface area contributed by atoms with Gasteiger partial charge < -0.3 is 15.5 Å². The summed E-state index contributed by atoms with van der Waals surface area (Å²) in [5.41, 5.74) is 1.33. The lowest BCUT2D eigenvalue weighted by atomic mass is 10.1. The highest BCUT2D eigenvalue weighted by atomic mass is 16.3. The number of hydrogen-bond acceptors (Lipinski definition) is 3. The number of hydrogen-bond donors (Lipinski definition) is 3. The van der Waals surface area contributed by atoms with Crippen LogP contribution in [0.25, 0.3) is 0 Å². The summed E-state index contributed by atoms with van der Waals surface area (Å²) in [6.07, 6.45) is 2.50. The summed E-state index contributed by atoms with van der Waals surface area (Å²) in [7, 11) is 0. The van der Waals surface area contributed by atoms with Crippen LogP contribution in [0.4, 0.5) is 0 Å².